The molecule has 22 heavy (non-hydrogen) atoms. The van der Waals surface area contributed by atoms with Gasteiger partial charge in [-0.15, -0.1) is 0 Å². The Labute approximate surface area is 140 Å². The minimum atomic E-state index is 0.433. The van der Waals surface area contributed by atoms with E-state index in [4.69, 9.17) is 5.73 Å². The molecule has 2 N–H and O–H groups in total. The fraction of sp³-hybridized carbons (Fsp3) is 1.00. The van der Waals surface area contributed by atoms with Crippen molar-refractivity contribution in [2.75, 3.05) is 0 Å². The third-order valence-electron chi connectivity index (χ3n) is 6.83. The van der Waals surface area contributed by atoms with Crippen molar-refractivity contribution < 1.29 is 0 Å². The summed E-state index contributed by atoms with van der Waals surface area (Å²) in [6.45, 7) is 12.0. The number of unbranched alkanes of at least 4 members (excludes halogenated alkanes) is 2. The molecule has 0 bridgehead atoms. The minimum absolute atomic E-state index is 0.433. The summed E-state index contributed by atoms with van der Waals surface area (Å²) >= 11 is 0. The quantitative estimate of drug-likeness (QED) is 0.376. The minimum Gasteiger partial charge on any atom is -0.328 e. The van der Waals surface area contributed by atoms with Gasteiger partial charge in [-0.1, -0.05) is 73.1 Å². The molecule has 0 spiro atoms. The lowest BCUT2D eigenvalue weighted by atomic mass is 9.77. The molecule has 1 aliphatic carbocycles. The van der Waals surface area contributed by atoms with E-state index >= 15 is 0 Å². The van der Waals surface area contributed by atoms with E-state index in [1.807, 2.05) is 0 Å². The first-order chi connectivity index (χ1) is 10.4. The van der Waals surface area contributed by atoms with Crippen molar-refractivity contribution in [3.63, 3.8) is 0 Å². The highest BCUT2D eigenvalue weighted by Crippen LogP contribution is 2.57. The van der Waals surface area contributed by atoms with E-state index in [0.29, 0.717) is 16.9 Å². The lowest BCUT2D eigenvalue weighted by Crippen LogP contribution is -2.24. The van der Waals surface area contributed by atoms with Gasteiger partial charge in [-0.2, -0.15) is 0 Å². The van der Waals surface area contributed by atoms with Crippen LogP contribution in [0.5, 0.6) is 0 Å². The van der Waals surface area contributed by atoms with Gasteiger partial charge in [-0.3, -0.25) is 0 Å². The van der Waals surface area contributed by atoms with Crippen LogP contribution in [0.4, 0.5) is 0 Å². The maximum Gasteiger partial charge on any atom is 0.00390 e. The summed E-state index contributed by atoms with van der Waals surface area (Å²) in [5, 5.41) is 0. The molecule has 1 saturated carbocycles. The highest BCUT2D eigenvalue weighted by atomic mass is 14.6. The van der Waals surface area contributed by atoms with Crippen LogP contribution in [0.15, 0.2) is 0 Å². The van der Waals surface area contributed by atoms with Gasteiger partial charge in [0, 0.05) is 6.04 Å². The molecule has 0 radical (unpaired) electrons. The highest BCUT2D eigenvalue weighted by Gasteiger charge is 2.47. The molecule has 4 atom stereocenters. The number of hydrogen-bond acceptors (Lipinski definition) is 1. The second-order valence-electron chi connectivity index (χ2n) is 8.76. The van der Waals surface area contributed by atoms with Gasteiger partial charge in [0.05, 0.1) is 0 Å². The van der Waals surface area contributed by atoms with Crippen molar-refractivity contribution in [1.29, 1.82) is 0 Å². The average molecular weight is 310 g/mol. The summed E-state index contributed by atoms with van der Waals surface area (Å²) in [6.07, 6.45) is 16.2. The molecule has 0 aliphatic heterocycles. The number of rotatable bonds is 13. The highest BCUT2D eigenvalue weighted by molar-refractivity contribution is 4.97. The molecule has 0 amide bonds. The first-order valence-electron chi connectivity index (χ1n) is 10.1. The van der Waals surface area contributed by atoms with Gasteiger partial charge in [0.2, 0.25) is 0 Å². The van der Waals surface area contributed by atoms with E-state index in [9.17, 15) is 0 Å². The topological polar surface area (TPSA) is 26.0 Å². The molecule has 0 aromatic rings. The van der Waals surface area contributed by atoms with Crippen LogP contribution >= 0.6 is 0 Å². The Bertz CT molecular complexity index is 300. The van der Waals surface area contributed by atoms with Gasteiger partial charge in [0.1, 0.15) is 0 Å². The molecule has 4 unspecified atom stereocenters. The zero-order chi connectivity index (χ0) is 16.6. The predicted octanol–water partition coefficient (Wildman–Crippen LogP) is 6.70. The Morgan fingerprint density at radius 3 is 2.36 bits per heavy atom. The van der Waals surface area contributed by atoms with Crippen LogP contribution in [-0.2, 0) is 0 Å². The second kappa shape index (κ2) is 9.30. The van der Waals surface area contributed by atoms with E-state index in [1.165, 1.54) is 77.0 Å². The molecule has 1 heteroatoms. The van der Waals surface area contributed by atoms with Crippen molar-refractivity contribution in [3.05, 3.63) is 0 Å². The molecule has 1 nitrogen and oxygen atoms in total. The fourth-order valence-electron chi connectivity index (χ4n) is 3.95. The van der Waals surface area contributed by atoms with Crippen LogP contribution in [0.1, 0.15) is 112 Å². The Hall–Kier alpha value is -0.0400. The van der Waals surface area contributed by atoms with Crippen LogP contribution < -0.4 is 5.73 Å². The smallest absolute Gasteiger partial charge is 0.00390 e. The van der Waals surface area contributed by atoms with Gasteiger partial charge in [0.15, 0.2) is 0 Å². The normalized spacial score (nSPS) is 28.4. The molecule has 1 rings (SSSR count). The zero-order valence-electron chi connectivity index (χ0n) is 16.2. The van der Waals surface area contributed by atoms with E-state index < -0.39 is 0 Å². The van der Waals surface area contributed by atoms with Crippen molar-refractivity contribution in [3.8, 4) is 0 Å². The first-order valence-corrected chi connectivity index (χ1v) is 10.1. The number of nitrogens with two attached hydrogens (primary N) is 1. The lowest BCUT2D eigenvalue weighted by Gasteiger charge is -2.30. The van der Waals surface area contributed by atoms with Crippen molar-refractivity contribution in [2.45, 2.75) is 118 Å². The van der Waals surface area contributed by atoms with Crippen LogP contribution in [0, 0.1) is 16.7 Å². The third-order valence-corrected chi connectivity index (χ3v) is 6.83. The third kappa shape index (κ3) is 6.60. The summed E-state index contributed by atoms with van der Waals surface area (Å²) in [7, 11) is 0. The van der Waals surface area contributed by atoms with Crippen molar-refractivity contribution in [2.24, 2.45) is 22.5 Å². The number of hydrogen-bond donors (Lipinski definition) is 1. The zero-order valence-corrected chi connectivity index (χ0v) is 16.2. The maximum absolute atomic E-state index is 6.27. The molecular weight excluding hydrogens is 266 g/mol. The lowest BCUT2D eigenvalue weighted by molar-refractivity contribution is 0.234. The first kappa shape index (κ1) is 20.0. The van der Waals surface area contributed by atoms with Gasteiger partial charge < -0.3 is 5.73 Å². The molecule has 0 aromatic carbocycles. The summed E-state index contributed by atoms with van der Waals surface area (Å²) in [5.41, 5.74) is 7.51. The Morgan fingerprint density at radius 2 is 1.82 bits per heavy atom. The molecule has 1 fully saturated rings. The van der Waals surface area contributed by atoms with E-state index in [2.05, 4.69) is 34.6 Å². The van der Waals surface area contributed by atoms with Gasteiger partial charge in [0.25, 0.3) is 0 Å². The van der Waals surface area contributed by atoms with Crippen molar-refractivity contribution >= 4 is 0 Å². The summed E-state index contributed by atoms with van der Waals surface area (Å²) < 4.78 is 0. The molecule has 132 valence electrons. The molecule has 0 aromatic heterocycles. The summed E-state index contributed by atoms with van der Waals surface area (Å²) in [6, 6.07) is 0.433. The van der Waals surface area contributed by atoms with Crippen LogP contribution in [0.2, 0.25) is 0 Å². The second-order valence-corrected chi connectivity index (χ2v) is 8.76. The molecule has 0 heterocycles. The molecule has 0 saturated heterocycles. The Balaban J connectivity index is 2.16. The average Bonchev–Trinajstić information content (AvgIpc) is 3.18. The summed E-state index contributed by atoms with van der Waals surface area (Å²) in [4.78, 5) is 0. The standard InChI is InChI=1S/C21H43N/c1-6-9-13-19(22)14-16-20(4,7-2)15-11-10-12-18-17-21(18,5)8-3/h18-19H,6-17,22H2,1-5H3. The van der Waals surface area contributed by atoms with E-state index in [0.717, 1.165) is 5.92 Å². The Morgan fingerprint density at radius 1 is 1.09 bits per heavy atom. The molecular formula is C21H43N. The van der Waals surface area contributed by atoms with E-state index in [1.54, 1.807) is 0 Å². The fourth-order valence-corrected chi connectivity index (χ4v) is 3.95. The van der Waals surface area contributed by atoms with E-state index in [-0.39, 0.29) is 0 Å². The van der Waals surface area contributed by atoms with Gasteiger partial charge in [-0.05, 0) is 55.3 Å². The largest absolute Gasteiger partial charge is 0.328 e. The van der Waals surface area contributed by atoms with Gasteiger partial charge >= 0.3 is 0 Å². The van der Waals surface area contributed by atoms with Crippen LogP contribution in [0.3, 0.4) is 0 Å². The van der Waals surface area contributed by atoms with Crippen molar-refractivity contribution in [1.82, 2.24) is 0 Å². The summed E-state index contributed by atoms with van der Waals surface area (Å²) in [5.74, 6) is 1.04. The van der Waals surface area contributed by atoms with Crippen LogP contribution in [-0.4, -0.2) is 6.04 Å². The monoisotopic (exact) mass is 309 g/mol. The maximum atomic E-state index is 6.27. The SMILES string of the molecule is CCCCC(N)CCC(C)(CC)CCCCC1CC1(C)CC. The predicted molar refractivity (Wildman–Crippen MR) is 100 cm³/mol. The van der Waals surface area contributed by atoms with Crippen LogP contribution in [0.25, 0.3) is 0 Å². The van der Waals surface area contributed by atoms with Gasteiger partial charge in [-0.25, -0.2) is 0 Å². The molecule has 1 aliphatic rings. The Kier molecular flexibility index (Phi) is 8.46.